The Labute approximate surface area is 97.7 Å². The Morgan fingerprint density at radius 2 is 1.94 bits per heavy atom. The van der Waals surface area contributed by atoms with Gasteiger partial charge in [-0.2, -0.15) is 14.6 Å². The van der Waals surface area contributed by atoms with E-state index in [1.165, 1.54) is 6.33 Å². The SMILES string of the molecule is c1ccc(OCc2ccnc3ncnn23)cc1. The Balaban J connectivity index is 1.84. The summed E-state index contributed by atoms with van der Waals surface area (Å²) in [5.41, 5.74) is 0.913. The fourth-order valence-corrected chi connectivity index (χ4v) is 1.57. The molecule has 0 saturated heterocycles. The van der Waals surface area contributed by atoms with Crippen LogP contribution in [0.4, 0.5) is 0 Å². The third-order valence-corrected chi connectivity index (χ3v) is 2.39. The van der Waals surface area contributed by atoms with Gasteiger partial charge in [-0.1, -0.05) is 18.2 Å². The van der Waals surface area contributed by atoms with Crippen LogP contribution < -0.4 is 4.74 Å². The van der Waals surface area contributed by atoms with Gasteiger partial charge in [-0.25, -0.2) is 4.98 Å². The molecule has 0 N–H and O–H groups in total. The predicted octanol–water partition coefficient (Wildman–Crippen LogP) is 1.70. The van der Waals surface area contributed by atoms with Crippen LogP contribution in [0.3, 0.4) is 0 Å². The van der Waals surface area contributed by atoms with Crippen molar-refractivity contribution in [3.8, 4) is 5.75 Å². The predicted molar refractivity (Wildman–Crippen MR) is 61.6 cm³/mol. The highest BCUT2D eigenvalue weighted by Crippen LogP contribution is 2.11. The maximum absolute atomic E-state index is 5.65. The Morgan fingerprint density at radius 3 is 2.82 bits per heavy atom. The van der Waals surface area contributed by atoms with Crippen LogP contribution in [-0.4, -0.2) is 19.6 Å². The van der Waals surface area contributed by atoms with Gasteiger partial charge in [-0.05, 0) is 18.2 Å². The van der Waals surface area contributed by atoms with Crippen molar-refractivity contribution in [2.45, 2.75) is 6.61 Å². The lowest BCUT2D eigenvalue weighted by Crippen LogP contribution is -2.04. The summed E-state index contributed by atoms with van der Waals surface area (Å²) in [6, 6.07) is 11.5. The van der Waals surface area contributed by atoms with Gasteiger partial charge in [0.25, 0.3) is 5.78 Å². The molecule has 0 aliphatic carbocycles. The summed E-state index contributed by atoms with van der Waals surface area (Å²) < 4.78 is 7.32. The van der Waals surface area contributed by atoms with Crippen LogP contribution in [0.5, 0.6) is 5.75 Å². The molecule has 0 bridgehead atoms. The largest absolute Gasteiger partial charge is 0.487 e. The lowest BCUT2D eigenvalue weighted by molar-refractivity contribution is 0.298. The van der Waals surface area contributed by atoms with Crippen LogP contribution in [0.1, 0.15) is 5.69 Å². The maximum atomic E-state index is 5.65. The summed E-state index contributed by atoms with van der Waals surface area (Å²) >= 11 is 0. The summed E-state index contributed by atoms with van der Waals surface area (Å²) in [6.45, 7) is 0.437. The number of para-hydroxylation sites is 1. The van der Waals surface area contributed by atoms with Gasteiger partial charge < -0.3 is 4.74 Å². The third kappa shape index (κ3) is 1.94. The number of benzene rings is 1. The molecule has 0 atom stereocenters. The first kappa shape index (κ1) is 9.77. The van der Waals surface area contributed by atoms with Crippen molar-refractivity contribution in [3.63, 3.8) is 0 Å². The number of ether oxygens (including phenoxy) is 1. The van der Waals surface area contributed by atoms with Crippen molar-refractivity contribution in [2.75, 3.05) is 0 Å². The van der Waals surface area contributed by atoms with Crippen LogP contribution in [-0.2, 0) is 6.61 Å². The first-order chi connectivity index (χ1) is 8.43. The Bertz CT molecular complexity index is 620. The number of fused-ring (bicyclic) bond motifs is 1. The molecule has 2 heterocycles. The Hall–Kier alpha value is -2.43. The number of nitrogens with zero attached hydrogens (tertiary/aromatic N) is 4. The van der Waals surface area contributed by atoms with E-state index >= 15 is 0 Å². The van der Waals surface area contributed by atoms with Crippen molar-refractivity contribution in [2.24, 2.45) is 0 Å². The summed E-state index contributed by atoms with van der Waals surface area (Å²) in [4.78, 5) is 8.11. The Kier molecular flexibility index (Phi) is 2.42. The van der Waals surface area contributed by atoms with E-state index in [0.29, 0.717) is 12.4 Å². The monoisotopic (exact) mass is 226 g/mol. The van der Waals surface area contributed by atoms with E-state index in [4.69, 9.17) is 4.74 Å². The van der Waals surface area contributed by atoms with E-state index in [2.05, 4.69) is 15.1 Å². The van der Waals surface area contributed by atoms with Gasteiger partial charge in [0.05, 0.1) is 5.69 Å². The lowest BCUT2D eigenvalue weighted by atomic mass is 10.3. The molecule has 0 saturated carbocycles. The van der Waals surface area contributed by atoms with Crippen molar-refractivity contribution in [1.82, 2.24) is 19.6 Å². The van der Waals surface area contributed by atoms with Gasteiger partial charge in [0.1, 0.15) is 18.7 Å². The number of rotatable bonds is 3. The minimum atomic E-state index is 0.437. The second kappa shape index (κ2) is 4.21. The first-order valence-corrected chi connectivity index (χ1v) is 5.25. The molecule has 0 amide bonds. The topological polar surface area (TPSA) is 52.3 Å². The van der Waals surface area contributed by atoms with Gasteiger partial charge in [-0.3, -0.25) is 0 Å². The summed E-state index contributed by atoms with van der Waals surface area (Å²) in [7, 11) is 0. The fourth-order valence-electron chi connectivity index (χ4n) is 1.57. The second-order valence-corrected chi connectivity index (χ2v) is 3.51. The highest BCUT2D eigenvalue weighted by molar-refractivity contribution is 5.27. The molecule has 84 valence electrons. The smallest absolute Gasteiger partial charge is 0.252 e. The summed E-state index contributed by atoms with van der Waals surface area (Å²) in [5, 5.41) is 4.09. The Morgan fingerprint density at radius 1 is 1.06 bits per heavy atom. The van der Waals surface area contributed by atoms with Crippen LogP contribution in [0.15, 0.2) is 48.9 Å². The molecule has 5 heteroatoms. The quantitative estimate of drug-likeness (QED) is 0.682. The zero-order chi connectivity index (χ0) is 11.5. The lowest BCUT2D eigenvalue weighted by Gasteiger charge is -2.06. The van der Waals surface area contributed by atoms with Crippen molar-refractivity contribution in [3.05, 3.63) is 54.6 Å². The highest BCUT2D eigenvalue weighted by atomic mass is 16.5. The normalized spacial score (nSPS) is 10.6. The molecule has 2 aromatic heterocycles. The van der Waals surface area contributed by atoms with E-state index in [9.17, 15) is 0 Å². The molecular weight excluding hydrogens is 216 g/mol. The van der Waals surface area contributed by atoms with Gasteiger partial charge in [-0.15, -0.1) is 0 Å². The van der Waals surface area contributed by atoms with Gasteiger partial charge in [0.15, 0.2) is 0 Å². The number of aromatic nitrogens is 4. The minimum Gasteiger partial charge on any atom is -0.487 e. The molecule has 0 spiro atoms. The molecule has 0 aliphatic rings. The molecule has 5 nitrogen and oxygen atoms in total. The molecule has 3 rings (SSSR count). The van der Waals surface area contributed by atoms with Crippen molar-refractivity contribution in [1.29, 1.82) is 0 Å². The highest BCUT2D eigenvalue weighted by Gasteiger charge is 2.03. The zero-order valence-electron chi connectivity index (χ0n) is 9.02. The first-order valence-electron chi connectivity index (χ1n) is 5.25. The van der Waals surface area contributed by atoms with E-state index in [0.717, 1.165) is 11.4 Å². The van der Waals surface area contributed by atoms with Crippen molar-refractivity contribution < 1.29 is 4.74 Å². The molecule has 0 unspecified atom stereocenters. The molecule has 0 fully saturated rings. The second-order valence-electron chi connectivity index (χ2n) is 3.51. The summed E-state index contributed by atoms with van der Waals surface area (Å²) in [6.07, 6.45) is 3.18. The molecule has 0 radical (unpaired) electrons. The van der Waals surface area contributed by atoms with Gasteiger partial charge in [0.2, 0.25) is 0 Å². The van der Waals surface area contributed by atoms with Crippen LogP contribution in [0.2, 0.25) is 0 Å². The van der Waals surface area contributed by atoms with Crippen LogP contribution >= 0.6 is 0 Å². The maximum Gasteiger partial charge on any atom is 0.252 e. The number of hydrogen-bond donors (Lipinski definition) is 0. The molecular formula is C12H10N4O. The molecule has 1 aromatic carbocycles. The van der Waals surface area contributed by atoms with E-state index in [1.54, 1.807) is 10.7 Å². The minimum absolute atomic E-state index is 0.437. The van der Waals surface area contributed by atoms with Crippen molar-refractivity contribution >= 4 is 5.78 Å². The van der Waals surface area contributed by atoms with E-state index in [1.807, 2.05) is 36.4 Å². The average Bonchev–Trinajstić information content (AvgIpc) is 2.86. The van der Waals surface area contributed by atoms with Gasteiger partial charge in [0, 0.05) is 6.20 Å². The average molecular weight is 226 g/mol. The molecule has 0 aliphatic heterocycles. The standard InChI is InChI=1S/C12H10N4O/c1-2-4-11(5-3-1)17-8-10-6-7-13-12-14-9-15-16(10)12/h1-7,9H,8H2. The fraction of sp³-hybridized carbons (Fsp3) is 0.0833. The van der Waals surface area contributed by atoms with Crippen LogP contribution in [0, 0.1) is 0 Å². The summed E-state index contributed by atoms with van der Waals surface area (Å²) in [5.74, 6) is 1.41. The third-order valence-electron chi connectivity index (χ3n) is 2.39. The molecule has 17 heavy (non-hydrogen) atoms. The van der Waals surface area contributed by atoms with E-state index < -0.39 is 0 Å². The van der Waals surface area contributed by atoms with E-state index in [-0.39, 0.29) is 0 Å². The number of hydrogen-bond acceptors (Lipinski definition) is 4. The van der Waals surface area contributed by atoms with Crippen LogP contribution in [0.25, 0.3) is 5.78 Å². The van der Waals surface area contributed by atoms with Gasteiger partial charge >= 0.3 is 0 Å². The zero-order valence-corrected chi connectivity index (χ0v) is 9.02. The molecule has 3 aromatic rings.